The van der Waals surface area contributed by atoms with Crippen LogP contribution in [0.3, 0.4) is 0 Å². The fourth-order valence-corrected chi connectivity index (χ4v) is 3.44. The second kappa shape index (κ2) is 6.95. The number of nitrogens with two attached hydrogens (primary N) is 1. The van der Waals surface area contributed by atoms with E-state index in [0.29, 0.717) is 5.92 Å². The molecule has 1 aliphatic rings. The van der Waals surface area contributed by atoms with Crippen molar-refractivity contribution >= 4 is 11.9 Å². The van der Waals surface area contributed by atoms with Crippen LogP contribution in [0.25, 0.3) is 5.69 Å². The molecule has 3 heterocycles. The summed E-state index contributed by atoms with van der Waals surface area (Å²) in [6.07, 6.45) is 5.36. The fourth-order valence-electron chi connectivity index (χ4n) is 3.44. The molecule has 1 amide bonds. The van der Waals surface area contributed by atoms with Crippen molar-refractivity contribution in [3.63, 3.8) is 0 Å². The summed E-state index contributed by atoms with van der Waals surface area (Å²) in [6.45, 7) is 1.81. The highest BCUT2D eigenvalue weighted by atomic mass is 16.1. The van der Waals surface area contributed by atoms with Gasteiger partial charge in [0.2, 0.25) is 11.9 Å². The van der Waals surface area contributed by atoms with Crippen molar-refractivity contribution in [2.75, 3.05) is 18.0 Å². The molecular formula is C17H20N8O. The molecule has 0 unspecified atom stereocenters. The van der Waals surface area contributed by atoms with Crippen molar-refractivity contribution < 1.29 is 4.79 Å². The van der Waals surface area contributed by atoms with Crippen LogP contribution in [0.5, 0.6) is 0 Å². The molecule has 3 aromatic rings. The predicted octanol–water partition coefficient (Wildman–Crippen LogP) is 0.728. The summed E-state index contributed by atoms with van der Waals surface area (Å²) in [5.74, 6) is 1.60. The molecule has 1 aromatic carbocycles. The van der Waals surface area contributed by atoms with Crippen molar-refractivity contribution in [3.8, 4) is 5.69 Å². The lowest BCUT2D eigenvalue weighted by Crippen LogP contribution is -2.35. The largest absolute Gasteiger partial charge is 0.368 e. The van der Waals surface area contributed by atoms with E-state index in [1.165, 1.54) is 0 Å². The van der Waals surface area contributed by atoms with Gasteiger partial charge in [-0.05, 0) is 35.4 Å². The molecule has 1 aliphatic heterocycles. The van der Waals surface area contributed by atoms with Gasteiger partial charge in [0, 0.05) is 31.4 Å². The van der Waals surface area contributed by atoms with Crippen molar-refractivity contribution in [1.29, 1.82) is 0 Å². The molecule has 4 rings (SSSR count). The number of carbonyl (C=O) groups excluding carboxylic acids is 1. The van der Waals surface area contributed by atoms with E-state index >= 15 is 0 Å². The summed E-state index contributed by atoms with van der Waals surface area (Å²) in [7, 11) is 0. The Morgan fingerprint density at radius 1 is 1.19 bits per heavy atom. The van der Waals surface area contributed by atoms with Crippen LogP contribution >= 0.6 is 0 Å². The number of carbonyl (C=O) groups is 1. The summed E-state index contributed by atoms with van der Waals surface area (Å²) in [6, 6.07) is 9.85. The molecule has 0 saturated carbocycles. The first-order valence-electron chi connectivity index (χ1n) is 8.60. The Balaban J connectivity index is 1.48. The molecule has 0 aliphatic carbocycles. The number of hydrogen-bond donors (Lipinski definition) is 1. The first-order chi connectivity index (χ1) is 12.7. The molecule has 1 fully saturated rings. The second-order valence-electron chi connectivity index (χ2n) is 6.37. The number of para-hydroxylation sites is 1. The zero-order chi connectivity index (χ0) is 17.9. The fraction of sp³-hybridized carbons (Fsp3) is 0.353. The van der Waals surface area contributed by atoms with Crippen molar-refractivity contribution in [2.24, 2.45) is 5.73 Å². The third kappa shape index (κ3) is 3.15. The number of hydrogen-bond acceptors (Lipinski definition) is 6. The average Bonchev–Trinajstić information content (AvgIpc) is 3.31. The van der Waals surface area contributed by atoms with E-state index < -0.39 is 0 Å². The van der Waals surface area contributed by atoms with Crippen LogP contribution in [-0.4, -0.2) is 48.8 Å². The summed E-state index contributed by atoms with van der Waals surface area (Å²) in [4.78, 5) is 17.8. The Bertz CT molecular complexity index is 879. The smallest absolute Gasteiger partial charge is 0.250 e. The number of piperidine rings is 1. The number of benzene rings is 1. The average molecular weight is 352 g/mol. The van der Waals surface area contributed by atoms with Gasteiger partial charge < -0.3 is 15.2 Å². The third-order valence-corrected chi connectivity index (χ3v) is 4.67. The molecule has 2 N–H and O–H groups in total. The quantitative estimate of drug-likeness (QED) is 0.725. The van der Waals surface area contributed by atoms with E-state index in [4.69, 9.17) is 5.73 Å². The summed E-state index contributed by atoms with van der Waals surface area (Å²) < 4.78 is 3.60. The van der Waals surface area contributed by atoms with E-state index in [2.05, 4.69) is 25.4 Å². The lowest BCUT2D eigenvalue weighted by molar-refractivity contribution is -0.118. The molecule has 0 spiro atoms. The first kappa shape index (κ1) is 16.2. The Morgan fingerprint density at radius 2 is 1.96 bits per heavy atom. The summed E-state index contributed by atoms with van der Waals surface area (Å²) in [5.41, 5.74) is 6.26. The van der Waals surface area contributed by atoms with E-state index in [1.54, 1.807) is 10.9 Å². The number of imidazole rings is 1. The number of amides is 1. The highest BCUT2D eigenvalue weighted by Crippen LogP contribution is 2.29. The number of anilines is 1. The number of tetrazole rings is 1. The van der Waals surface area contributed by atoms with Gasteiger partial charge in [-0.25, -0.2) is 4.98 Å². The van der Waals surface area contributed by atoms with Gasteiger partial charge in [-0.1, -0.05) is 23.3 Å². The second-order valence-corrected chi connectivity index (χ2v) is 6.37. The zero-order valence-electron chi connectivity index (χ0n) is 14.3. The van der Waals surface area contributed by atoms with E-state index in [9.17, 15) is 4.79 Å². The molecule has 1 saturated heterocycles. The lowest BCUT2D eigenvalue weighted by Gasteiger charge is -2.32. The van der Waals surface area contributed by atoms with Crippen LogP contribution in [0.2, 0.25) is 0 Å². The molecule has 9 nitrogen and oxygen atoms in total. The Kier molecular flexibility index (Phi) is 4.34. The van der Waals surface area contributed by atoms with Crippen molar-refractivity contribution in [1.82, 2.24) is 29.8 Å². The minimum absolute atomic E-state index is 0.168. The van der Waals surface area contributed by atoms with Crippen molar-refractivity contribution in [2.45, 2.75) is 25.3 Å². The third-order valence-electron chi connectivity index (χ3n) is 4.67. The molecule has 9 heteroatoms. The van der Waals surface area contributed by atoms with Crippen LogP contribution < -0.4 is 10.6 Å². The standard InChI is InChI=1S/C17H20N8O/c18-15(26)12-24-11-8-19-16(24)13-6-9-23(10-7-13)17-20-21-22-25(17)14-4-2-1-3-5-14/h1-5,8,11,13H,6-7,9-10,12H2,(H2,18,26). The van der Waals surface area contributed by atoms with Gasteiger partial charge in [0.1, 0.15) is 12.4 Å². The van der Waals surface area contributed by atoms with Gasteiger partial charge in [0.25, 0.3) is 0 Å². The molecular weight excluding hydrogens is 332 g/mol. The maximum atomic E-state index is 11.2. The number of aromatic nitrogens is 6. The molecule has 26 heavy (non-hydrogen) atoms. The van der Waals surface area contributed by atoms with Crippen LogP contribution in [0, 0.1) is 0 Å². The Hall–Kier alpha value is -3.23. The first-order valence-corrected chi connectivity index (χ1v) is 8.60. The highest BCUT2D eigenvalue weighted by molar-refractivity contribution is 5.73. The molecule has 0 radical (unpaired) electrons. The lowest BCUT2D eigenvalue weighted by atomic mass is 9.96. The summed E-state index contributed by atoms with van der Waals surface area (Å²) >= 11 is 0. The van der Waals surface area contributed by atoms with Crippen LogP contribution in [0.15, 0.2) is 42.7 Å². The van der Waals surface area contributed by atoms with Gasteiger partial charge in [-0.3, -0.25) is 4.79 Å². The summed E-state index contributed by atoms with van der Waals surface area (Å²) in [5, 5.41) is 12.2. The van der Waals surface area contributed by atoms with Crippen LogP contribution in [0.1, 0.15) is 24.6 Å². The Morgan fingerprint density at radius 3 is 2.69 bits per heavy atom. The maximum absolute atomic E-state index is 11.2. The molecule has 2 aromatic heterocycles. The van der Waals surface area contributed by atoms with Crippen molar-refractivity contribution in [3.05, 3.63) is 48.5 Å². The highest BCUT2D eigenvalue weighted by Gasteiger charge is 2.27. The molecule has 134 valence electrons. The van der Waals surface area contributed by atoms with Gasteiger partial charge in [0.05, 0.1) is 5.69 Å². The van der Waals surface area contributed by atoms with E-state index in [1.807, 2.05) is 41.1 Å². The monoisotopic (exact) mass is 352 g/mol. The Labute approximate surface area is 150 Å². The van der Waals surface area contributed by atoms with Crippen LogP contribution in [-0.2, 0) is 11.3 Å². The number of nitrogens with zero attached hydrogens (tertiary/aromatic N) is 7. The normalized spacial score (nSPS) is 15.3. The van der Waals surface area contributed by atoms with E-state index in [-0.39, 0.29) is 12.5 Å². The van der Waals surface area contributed by atoms with Gasteiger partial charge in [-0.2, -0.15) is 4.68 Å². The van der Waals surface area contributed by atoms with Crippen LogP contribution in [0.4, 0.5) is 5.95 Å². The predicted molar refractivity (Wildman–Crippen MR) is 94.8 cm³/mol. The maximum Gasteiger partial charge on any atom is 0.250 e. The topological polar surface area (TPSA) is 108 Å². The SMILES string of the molecule is NC(=O)Cn1ccnc1C1CCN(c2nnnn2-c2ccccc2)CC1. The number of primary amides is 1. The zero-order valence-corrected chi connectivity index (χ0v) is 14.3. The number of rotatable bonds is 5. The van der Waals surface area contributed by atoms with E-state index in [0.717, 1.165) is 43.4 Å². The molecule has 0 atom stereocenters. The minimum atomic E-state index is -0.358. The van der Waals surface area contributed by atoms with Gasteiger partial charge >= 0.3 is 0 Å². The minimum Gasteiger partial charge on any atom is -0.368 e. The van der Waals surface area contributed by atoms with Gasteiger partial charge in [0.15, 0.2) is 0 Å². The van der Waals surface area contributed by atoms with Gasteiger partial charge in [-0.15, -0.1) is 0 Å². The molecule has 0 bridgehead atoms.